The predicted octanol–water partition coefficient (Wildman–Crippen LogP) is 11.2. The molecule has 0 aromatic heterocycles. The fraction of sp³-hybridized carbons (Fsp3) is 0.735. The molecule has 0 N–H and O–H groups in total. The second-order valence-corrected chi connectivity index (χ2v) is 16.3. The average molecular weight is 800 g/mol. The smallest absolute Gasteiger partial charge is 0.306 e. The minimum Gasteiger partial charge on any atom is -0.544 e. The number of hydrogen-bond acceptors (Lipinski definition) is 7. The summed E-state index contributed by atoms with van der Waals surface area (Å²) in [6.07, 6.45) is 48.2. The van der Waals surface area contributed by atoms with Crippen LogP contribution in [0.25, 0.3) is 0 Å². The first-order valence-electron chi connectivity index (χ1n) is 22.8. The van der Waals surface area contributed by atoms with Gasteiger partial charge in [0.25, 0.3) is 0 Å². The summed E-state index contributed by atoms with van der Waals surface area (Å²) in [5.74, 6) is -1.76. The van der Waals surface area contributed by atoms with Gasteiger partial charge in [-0.1, -0.05) is 152 Å². The zero-order valence-corrected chi connectivity index (χ0v) is 37.2. The lowest BCUT2D eigenvalue weighted by Gasteiger charge is -2.34. The van der Waals surface area contributed by atoms with E-state index in [1.807, 2.05) is 0 Å². The van der Waals surface area contributed by atoms with Crippen molar-refractivity contribution in [2.45, 2.75) is 193 Å². The largest absolute Gasteiger partial charge is 0.544 e. The minimum absolute atomic E-state index is 0.0339. The Kier molecular flexibility index (Phi) is 37.8. The van der Waals surface area contributed by atoms with Crippen molar-refractivity contribution in [1.82, 2.24) is 0 Å². The molecule has 2 atom stereocenters. The maximum absolute atomic E-state index is 12.7. The van der Waals surface area contributed by atoms with E-state index in [4.69, 9.17) is 14.2 Å². The number of likely N-dealkylation sites (N-methyl/N-ethyl adjacent to an activating group) is 1. The number of nitrogens with zero attached hydrogens (tertiary/aromatic N) is 1. The number of esters is 2. The molecule has 8 nitrogen and oxygen atoms in total. The van der Waals surface area contributed by atoms with Gasteiger partial charge in [-0.3, -0.25) is 9.59 Å². The normalized spacial score (nSPS) is 13.5. The summed E-state index contributed by atoms with van der Waals surface area (Å²) < 4.78 is 17.1. The second kappa shape index (κ2) is 39.8. The Hall–Kier alpha value is -2.97. The van der Waals surface area contributed by atoms with Crippen LogP contribution in [0.1, 0.15) is 181 Å². The van der Waals surface area contributed by atoms with Gasteiger partial charge in [0, 0.05) is 19.3 Å². The van der Waals surface area contributed by atoms with Gasteiger partial charge in [-0.05, 0) is 70.6 Å². The van der Waals surface area contributed by atoms with Gasteiger partial charge in [-0.15, -0.1) is 0 Å². The van der Waals surface area contributed by atoms with Gasteiger partial charge >= 0.3 is 11.9 Å². The van der Waals surface area contributed by atoms with Crippen molar-refractivity contribution in [2.24, 2.45) is 0 Å². The molecule has 0 saturated carbocycles. The first-order chi connectivity index (χ1) is 27.6. The lowest BCUT2D eigenvalue weighted by Crippen LogP contribution is -2.55. The van der Waals surface area contributed by atoms with E-state index < -0.39 is 18.1 Å². The van der Waals surface area contributed by atoms with Crippen molar-refractivity contribution in [1.29, 1.82) is 0 Å². The van der Waals surface area contributed by atoms with Gasteiger partial charge in [0.2, 0.25) is 0 Å². The van der Waals surface area contributed by atoms with Gasteiger partial charge in [0.1, 0.15) is 12.6 Å². The maximum atomic E-state index is 12.7. The molecular weight excluding hydrogens is 715 g/mol. The van der Waals surface area contributed by atoms with E-state index in [1.54, 1.807) is 21.1 Å². The number of rotatable bonds is 40. The molecule has 0 aliphatic carbocycles. The van der Waals surface area contributed by atoms with Crippen molar-refractivity contribution in [3.63, 3.8) is 0 Å². The number of ether oxygens (including phenoxy) is 3. The molecule has 0 amide bonds. The van der Waals surface area contributed by atoms with Crippen LogP contribution in [-0.4, -0.2) is 75.5 Å². The molecule has 0 fully saturated rings. The number of quaternary nitrogens is 1. The fourth-order valence-corrected chi connectivity index (χ4v) is 6.34. The highest BCUT2D eigenvalue weighted by Gasteiger charge is 2.25. The number of aliphatic carboxylic acids is 1. The molecule has 57 heavy (non-hydrogen) atoms. The van der Waals surface area contributed by atoms with Crippen LogP contribution in [0.2, 0.25) is 0 Å². The number of carboxylic acids is 1. The van der Waals surface area contributed by atoms with Crippen LogP contribution in [0.3, 0.4) is 0 Å². The number of hydrogen-bond donors (Lipinski definition) is 0. The van der Waals surface area contributed by atoms with E-state index >= 15 is 0 Å². The lowest BCUT2D eigenvalue weighted by molar-refractivity contribution is -0.889. The summed E-state index contributed by atoms with van der Waals surface area (Å²) in [4.78, 5) is 36.8. The highest BCUT2D eigenvalue weighted by molar-refractivity contribution is 5.70. The standard InChI is InChI=1S/C49H85NO7/c1-6-8-10-12-14-16-18-19-20-21-22-23-24-25-26-27-28-29-30-32-34-36-38-40-48(52)57-45(43-55-42-41-46(49(53)54)50(3,4)5)44-56-47(51)39-37-35-33-31-17-15-13-11-9-7-2/h8,10,13-16,19-20,22-23,45-46H,6-7,9,11-12,17-18,21,24-44H2,1-5H3/b10-8+,15-13+,16-14+,20-19+,23-22+. The number of carbonyl (C=O) groups is 3. The molecule has 0 aliphatic rings. The SMILES string of the molecule is CC/C=C/C/C=C/C/C=C/C/C=C/CCCCCCCCCCCCC(=O)OC(COCCC(C(=O)[O-])[N+](C)(C)C)COC(=O)CCCCCC/C=C/CCCC. The monoisotopic (exact) mass is 800 g/mol. The van der Waals surface area contributed by atoms with Crippen molar-refractivity contribution in [2.75, 3.05) is 41.0 Å². The maximum Gasteiger partial charge on any atom is 0.306 e. The van der Waals surface area contributed by atoms with Crippen LogP contribution >= 0.6 is 0 Å². The van der Waals surface area contributed by atoms with E-state index in [-0.39, 0.29) is 42.7 Å². The number of carboxylic acid groups (broad SMARTS) is 1. The Balaban J connectivity index is 4.24. The summed E-state index contributed by atoms with van der Waals surface area (Å²) in [5, 5.41) is 11.6. The van der Waals surface area contributed by atoms with Gasteiger partial charge in [-0.2, -0.15) is 0 Å². The molecule has 0 bridgehead atoms. The predicted molar refractivity (Wildman–Crippen MR) is 236 cm³/mol. The first kappa shape index (κ1) is 54.0. The van der Waals surface area contributed by atoms with Crippen LogP contribution in [0, 0.1) is 0 Å². The molecule has 0 aliphatic heterocycles. The van der Waals surface area contributed by atoms with Crippen LogP contribution in [0.4, 0.5) is 0 Å². The van der Waals surface area contributed by atoms with Gasteiger partial charge in [0.15, 0.2) is 6.10 Å². The third-order valence-corrected chi connectivity index (χ3v) is 9.89. The Labute approximate surface area is 349 Å². The molecule has 2 unspecified atom stereocenters. The van der Waals surface area contributed by atoms with E-state index in [9.17, 15) is 19.5 Å². The quantitative estimate of drug-likeness (QED) is 0.0263. The Bertz CT molecular complexity index is 1120. The molecule has 8 heteroatoms. The summed E-state index contributed by atoms with van der Waals surface area (Å²) >= 11 is 0. The van der Waals surface area contributed by atoms with Gasteiger partial charge in [-0.25, -0.2) is 0 Å². The van der Waals surface area contributed by atoms with Crippen LogP contribution < -0.4 is 5.11 Å². The third-order valence-electron chi connectivity index (χ3n) is 9.89. The highest BCUT2D eigenvalue weighted by atomic mass is 16.6. The minimum atomic E-state index is -1.13. The average Bonchev–Trinajstić information content (AvgIpc) is 3.17. The van der Waals surface area contributed by atoms with E-state index in [2.05, 4.69) is 74.6 Å². The Morgan fingerprint density at radius 1 is 0.544 bits per heavy atom. The summed E-state index contributed by atoms with van der Waals surface area (Å²) in [7, 11) is 5.40. The molecule has 0 rings (SSSR count). The number of allylic oxidation sites excluding steroid dienone is 10. The van der Waals surface area contributed by atoms with Gasteiger partial charge < -0.3 is 28.6 Å². The molecule has 0 heterocycles. The Morgan fingerprint density at radius 2 is 0.982 bits per heavy atom. The van der Waals surface area contributed by atoms with E-state index in [0.29, 0.717) is 12.8 Å². The molecule has 328 valence electrons. The van der Waals surface area contributed by atoms with E-state index in [0.717, 1.165) is 83.5 Å². The highest BCUT2D eigenvalue weighted by Crippen LogP contribution is 2.14. The molecule has 0 aromatic carbocycles. The number of unbranched alkanes of at least 4 members (excludes halogenated alkanes) is 16. The van der Waals surface area contributed by atoms with Crippen molar-refractivity contribution in [3.05, 3.63) is 60.8 Å². The third kappa shape index (κ3) is 38.3. The zero-order chi connectivity index (χ0) is 42.1. The van der Waals surface area contributed by atoms with Gasteiger partial charge in [0.05, 0.1) is 40.3 Å². The zero-order valence-electron chi connectivity index (χ0n) is 37.2. The summed E-state index contributed by atoms with van der Waals surface area (Å²) in [5.41, 5.74) is 0. The Morgan fingerprint density at radius 3 is 1.47 bits per heavy atom. The molecule has 0 saturated heterocycles. The molecule has 0 spiro atoms. The molecule has 0 aromatic rings. The van der Waals surface area contributed by atoms with E-state index in [1.165, 1.54) is 64.2 Å². The first-order valence-corrected chi connectivity index (χ1v) is 22.8. The van der Waals surface area contributed by atoms with Crippen LogP contribution in [-0.2, 0) is 28.6 Å². The van der Waals surface area contributed by atoms with Crippen molar-refractivity contribution in [3.8, 4) is 0 Å². The topological polar surface area (TPSA) is 102 Å². The molecule has 0 radical (unpaired) electrons. The second-order valence-electron chi connectivity index (χ2n) is 16.3. The van der Waals surface area contributed by atoms with Crippen LogP contribution in [0.5, 0.6) is 0 Å². The number of carbonyl (C=O) groups excluding carboxylic acids is 3. The lowest BCUT2D eigenvalue weighted by atomic mass is 10.0. The fourth-order valence-electron chi connectivity index (χ4n) is 6.34. The summed E-state index contributed by atoms with van der Waals surface area (Å²) in [6.45, 7) is 4.48. The van der Waals surface area contributed by atoms with Crippen LogP contribution in [0.15, 0.2) is 60.8 Å². The summed E-state index contributed by atoms with van der Waals surface area (Å²) in [6, 6.07) is -0.729. The van der Waals surface area contributed by atoms with Crippen molar-refractivity contribution < 1.29 is 38.2 Å². The van der Waals surface area contributed by atoms with Crippen molar-refractivity contribution >= 4 is 17.9 Å². The molecular formula is C49H85NO7.